The molecule has 1 fully saturated rings. The number of hydrogen-bond acceptors (Lipinski definition) is 8. The van der Waals surface area contributed by atoms with Crippen LogP contribution in [-0.4, -0.2) is 50.3 Å². The van der Waals surface area contributed by atoms with Gasteiger partial charge in [0.1, 0.15) is 0 Å². The molecule has 0 aliphatic heterocycles. The number of carbonyl (C=O) groups excluding carboxylic acids is 4. The molecule has 4 unspecified atom stereocenters. The maximum Gasteiger partial charge on any atom is 0.309 e. The minimum Gasteiger partial charge on any atom is -0.465 e. The first-order chi connectivity index (χ1) is 15.8. The van der Waals surface area contributed by atoms with Gasteiger partial charge in [0.25, 0.3) is 0 Å². The van der Waals surface area contributed by atoms with E-state index in [1.807, 2.05) is 55.4 Å². The molecule has 1 rings (SSSR count). The fourth-order valence-corrected chi connectivity index (χ4v) is 3.67. The molecular formula is C26H44O8. The van der Waals surface area contributed by atoms with Crippen LogP contribution in [0.3, 0.4) is 0 Å². The van der Waals surface area contributed by atoms with Gasteiger partial charge in [0.2, 0.25) is 0 Å². The molecule has 0 aromatic carbocycles. The number of rotatable bonds is 12. The minimum absolute atomic E-state index is 0.0310. The van der Waals surface area contributed by atoms with Crippen LogP contribution in [0, 0.1) is 47.3 Å². The lowest BCUT2D eigenvalue weighted by molar-refractivity contribution is -0.176. The summed E-state index contributed by atoms with van der Waals surface area (Å²) in [5.41, 5.74) is 0. The standard InChI is InChI=1S/C26H44O8/c1-15(2)11-31-23(27)19-9-21(25(29)33-13-17(5)6)22(26(30)34-14-18(7)8)10-20(19)24(28)32-12-16(3)4/h15-22H,9-14H2,1-8H3. The van der Waals surface area contributed by atoms with Crippen LogP contribution >= 0.6 is 0 Å². The van der Waals surface area contributed by atoms with E-state index < -0.39 is 47.5 Å². The molecule has 0 N–H and O–H groups in total. The molecule has 0 aromatic heterocycles. The third kappa shape index (κ3) is 10.0. The lowest BCUT2D eigenvalue weighted by Gasteiger charge is -2.37. The number of ether oxygens (including phenoxy) is 4. The van der Waals surface area contributed by atoms with Gasteiger partial charge in [0.15, 0.2) is 0 Å². The minimum atomic E-state index is -0.899. The Labute approximate surface area is 204 Å². The maximum atomic E-state index is 13.0. The Kier molecular flexibility index (Phi) is 12.6. The van der Waals surface area contributed by atoms with E-state index in [-0.39, 0.29) is 62.9 Å². The van der Waals surface area contributed by atoms with Crippen LogP contribution in [0.25, 0.3) is 0 Å². The third-order valence-electron chi connectivity index (χ3n) is 5.43. The van der Waals surface area contributed by atoms with Crippen molar-refractivity contribution in [3.05, 3.63) is 0 Å². The average molecular weight is 485 g/mol. The van der Waals surface area contributed by atoms with Crippen LogP contribution in [0.1, 0.15) is 68.2 Å². The molecule has 0 saturated heterocycles. The van der Waals surface area contributed by atoms with E-state index in [4.69, 9.17) is 18.9 Å². The maximum absolute atomic E-state index is 13.0. The van der Waals surface area contributed by atoms with Gasteiger partial charge in [-0.15, -0.1) is 0 Å². The summed E-state index contributed by atoms with van der Waals surface area (Å²) in [6, 6.07) is 0. The molecule has 1 aliphatic rings. The smallest absolute Gasteiger partial charge is 0.309 e. The zero-order chi connectivity index (χ0) is 26.0. The van der Waals surface area contributed by atoms with E-state index in [1.165, 1.54) is 0 Å². The van der Waals surface area contributed by atoms with Crippen molar-refractivity contribution in [3.63, 3.8) is 0 Å². The molecule has 0 aromatic rings. The summed E-state index contributed by atoms with van der Waals surface area (Å²) in [5, 5.41) is 0. The van der Waals surface area contributed by atoms with Crippen molar-refractivity contribution in [2.45, 2.75) is 68.2 Å². The molecule has 8 heteroatoms. The molecule has 1 aliphatic carbocycles. The Morgan fingerprint density at radius 1 is 0.471 bits per heavy atom. The first-order valence-electron chi connectivity index (χ1n) is 12.5. The van der Waals surface area contributed by atoms with E-state index >= 15 is 0 Å². The van der Waals surface area contributed by atoms with Crippen molar-refractivity contribution in [2.24, 2.45) is 47.3 Å². The summed E-state index contributed by atoms with van der Waals surface area (Å²) in [6.07, 6.45) is -0.0620. The van der Waals surface area contributed by atoms with Gasteiger partial charge in [-0.1, -0.05) is 55.4 Å². The molecule has 0 bridgehead atoms. The lowest BCUT2D eigenvalue weighted by atomic mass is 9.68. The Balaban J connectivity index is 3.23. The van der Waals surface area contributed by atoms with Crippen molar-refractivity contribution >= 4 is 23.9 Å². The Morgan fingerprint density at radius 2 is 0.647 bits per heavy atom. The van der Waals surface area contributed by atoms with Crippen LogP contribution < -0.4 is 0 Å². The average Bonchev–Trinajstić information content (AvgIpc) is 2.76. The fourth-order valence-electron chi connectivity index (χ4n) is 3.67. The second-order valence-corrected chi connectivity index (χ2v) is 11.0. The van der Waals surface area contributed by atoms with Gasteiger partial charge in [0.05, 0.1) is 50.1 Å². The van der Waals surface area contributed by atoms with Gasteiger partial charge in [-0.25, -0.2) is 0 Å². The predicted molar refractivity (Wildman–Crippen MR) is 126 cm³/mol. The quantitative estimate of drug-likeness (QED) is 0.302. The van der Waals surface area contributed by atoms with Gasteiger partial charge in [-0.3, -0.25) is 19.2 Å². The normalized spacial score (nSPS) is 22.7. The highest BCUT2D eigenvalue weighted by Crippen LogP contribution is 2.41. The highest BCUT2D eigenvalue weighted by atomic mass is 16.5. The molecule has 0 heterocycles. The highest BCUT2D eigenvalue weighted by molar-refractivity contribution is 5.87. The fraction of sp³-hybridized carbons (Fsp3) is 0.846. The van der Waals surface area contributed by atoms with Crippen LogP contribution in [-0.2, 0) is 38.1 Å². The van der Waals surface area contributed by atoms with Crippen LogP contribution in [0.5, 0.6) is 0 Å². The summed E-state index contributed by atoms with van der Waals surface area (Å²) in [6.45, 7) is 16.1. The largest absolute Gasteiger partial charge is 0.465 e. The SMILES string of the molecule is CC(C)COC(=O)C1CC(C(=O)OCC(C)C)C(C(=O)OCC(C)C)CC1C(=O)OCC(C)C. The molecule has 0 radical (unpaired) electrons. The van der Waals surface area contributed by atoms with Crippen molar-refractivity contribution in [1.82, 2.24) is 0 Å². The second-order valence-electron chi connectivity index (χ2n) is 11.0. The van der Waals surface area contributed by atoms with Crippen molar-refractivity contribution in [3.8, 4) is 0 Å². The summed E-state index contributed by atoms with van der Waals surface area (Å²) in [7, 11) is 0. The van der Waals surface area contributed by atoms with Crippen LogP contribution in [0.2, 0.25) is 0 Å². The monoisotopic (exact) mass is 484 g/mol. The molecule has 0 amide bonds. The van der Waals surface area contributed by atoms with Crippen molar-refractivity contribution < 1.29 is 38.1 Å². The zero-order valence-corrected chi connectivity index (χ0v) is 22.1. The van der Waals surface area contributed by atoms with E-state index in [0.717, 1.165) is 0 Å². The molecule has 1 saturated carbocycles. The Bertz CT molecular complexity index is 568. The van der Waals surface area contributed by atoms with Gasteiger partial charge >= 0.3 is 23.9 Å². The van der Waals surface area contributed by atoms with E-state index in [0.29, 0.717) is 0 Å². The number of esters is 4. The Morgan fingerprint density at radius 3 is 0.794 bits per heavy atom. The number of hydrogen-bond donors (Lipinski definition) is 0. The molecule has 34 heavy (non-hydrogen) atoms. The molecular weight excluding hydrogens is 440 g/mol. The highest BCUT2D eigenvalue weighted by Gasteiger charge is 2.51. The van der Waals surface area contributed by atoms with Gasteiger partial charge in [-0.05, 0) is 36.5 Å². The molecule has 4 atom stereocenters. The summed E-state index contributed by atoms with van der Waals surface area (Å²) in [5.74, 6) is -5.37. The summed E-state index contributed by atoms with van der Waals surface area (Å²) < 4.78 is 21.7. The van der Waals surface area contributed by atoms with Gasteiger partial charge in [0, 0.05) is 0 Å². The van der Waals surface area contributed by atoms with Gasteiger partial charge in [-0.2, -0.15) is 0 Å². The van der Waals surface area contributed by atoms with E-state index in [1.54, 1.807) is 0 Å². The van der Waals surface area contributed by atoms with Crippen LogP contribution in [0.4, 0.5) is 0 Å². The molecule has 8 nitrogen and oxygen atoms in total. The third-order valence-corrected chi connectivity index (χ3v) is 5.43. The number of carbonyl (C=O) groups is 4. The predicted octanol–water partition coefficient (Wildman–Crippen LogP) is 4.04. The molecule has 196 valence electrons. The first kappa shape index (κ1) is 29.9. The topological polar surface area (TPSA) is 105 Å². The molecule has 0 spiro atoms. The lowest BCUT2D eigenvalue weighted by Crippen LogP contribution is -2.47. The zero-order valence-electron chi connectivity index (χ0n) is 22.1. The summed E-state index contributed by atoms with van der Waals surface area (Å²) in [4.78, 5) is 51.9. The van der Waals surface area contributed by atoms with E-state index in [2.05, 4.69) is 0 Å². The van der Waals surface area contributed by atoms with Crippen molar-refractivity contribution in [1.29, 1.82) is 0 Å². The van der Waals surface area contributed by atoms with Crippen molar-refractivity contribution in [2.75, 3.05) is 26.4 Å². The van der Waals surface area contributed by atoms with E-state index in [9.17, 15) is 19.2 Å². The Hall–Kier alpha value is -2.12. The second kappa shape index (κ2) is 14.3. The van der Waals surface area contributed by atoms with Gasteiger partial charge < -0.3 is 18.9 Å². The summed E-state index contributed by atoms with van der Waals surface area (Å²) >= 11 is 0. The van der Waals surface area contributed by atoms with Crippen LogP contribution in [0.15, 0.2) is 0 Å². The first-order valence-corrected chi connectivity index (χ1v) is 12.5.